The van der Waals surface area contributed by atoms with Crippen LogP contribution in [-0.2, 0) is 4.79 Å². The van der Waals surface area contributed by atoms with Crippen LogP contribution in [0.3, 0.4) is 0 Å². The fourth-order valence-electron chi connectivity index (χ4n) is 4.00. The van der Waals surface area contributed by atoms with Gasteiger partial charge in [0.15, 0.2) is 5.75 Å². The Labute approximate surface area is 215 Å². The van der Waals surface area contributed by atoms with Crippen molar-refractivity contribution in [3.05, 3.63) is 23.8 Å². The smallest absolute Gasteiger partial charge is 0.404 e. The summed E-state index contributed by atoms with van der Waals surface area (Å²) in [6, 6.07) is 3.28. The number of carbonyl (C=O) groups is 2. The Balaban J connectivity index is 1.44. The number of benzene rings is 1. The second-order valence-corrected chi connectivity index (χ2v) is 9.90. The maximum absolute atomic E-state index is 12.9. The van der Waals surface area contributed by atoms with Gasteiger partial charge in [-0.2, -0.15) is 0 Å². The molecule has 0 bridgehead atoms. The van der Waals surface area contributed by atoms with Crippen molar-refractivity contribution in [1.82, 2.24) is 20.0 Å². The van der Waals surface area contributed by atoms with Crippen LogP contribution in [0.5, 0.6) is 5.75 Å². The van der Waals surface area contributed by atoms with Crippen LogP contribution in [0, 0.1) is 0 Å². The summed E-state index contributed by atoms with van der Waals surface area (Å²) in [6.07, 6.45) is -4.11. The summed E-state index contributed by atoms with van der Waals surface area (Å²) in [7, 11) is 1.97. The van der Waals surface area contributed by atoms with Crippen LogP contribution in [0.2, 0.25) is 0 Å². The van der Waals surface area contributed by atoms with Gasteiger partial charge in [-0.25, -0.2) is 0 Å². The monoisotopic (exact) mass is 543 g/mol. The van der Waals surface area contributed by atoms with Crippen molar-refractivity contribution in [2.75, 3.05) is 68.4 Å². The molecule has 2 fully saturated rings. The second kappa shape index (κ2) is 11.6. The molecule has 0 spiro atoms. The highest BCUT2D eigenvalue weighted by atomic mass is 32.1. The first-order valence-corrected chi connectivity index (χ1v) is 12.6. The third-order valence-corrected chi connectivity index (χ3v) is 6.97. The van der Waals surface area contributed by atoms with Crippen molar-refractivity contribution >= 4 is 39.1 Å². The molecule has 1 aromatic heterocycles. The number of nitrogens with zero attached hydrogens (tertiary/aromatic N) is 5. The van der Waals surface area contributed by atoms with E-state index in [4.69, 9.17) is 0 Å². The molecular formula is C22H28F3N7O4S. The number of piperazine rings is 1. The predicted octanol–water partition coefficient (Wildman–Crippen LogP) is 1.84. The summed E-state index contributed by atoms with van der Waals surface area (Å²) in [5.74, 6) is -1.78. The van der Waals surface area contributed by atoms with Crippen molar-refractivity contribution in [2.45, 2.75) is 25.3 Å². The predicted molar refractivity (Wildman–Crippen MR) is 131 cm³/mol. The molecule has 2 saturated heterocycles. The molecule has 0 aliphatic carbocycles. The van der Waals surface area contributed by atoms with Crippen LogP contribution in [0.25, 0.3) is 0 Å². The Morgan fingerprint density at radius 3 is 2.49 bits per heavy atom. The van der Waals surface area contributed by atoms with Crippen molar-refractivity contribution in [3.63, 3.8) is 0 Å². The first kappa shape index (κ1) is 27.0. The number of nitrogens with one attached hydrogen (secondary N) is 2. The van der Waals surface area contributed by atoms with E-state index in [0.717, 1.165) is 36.6 Å². The molecule has 15 heteroatoms. The number of amides is 2. The van der Waals surface area contributed by atoms with Gasteiger partial charge in [0.25, 0.3) is 5.91 Å². The first-order chi connectivity index (χ1) is 17.6. The molecule has 2 aliphatic rings. The van der Waals surface area contributed by atoms with Crippen LogP contribution in [0.1, 0.15) is 23.2 Å². The molecule has 2 amide bonds. The van der Waals surface area contributed by atoms with E-state index in [1.165, 1.54) is 6.07 Å². The summed E-state index contributed by atoms with van der Waals surface area (Å²) in [5.41, 5.74) is -0.267. The van der Waals surface area contributed by atoms with Crippen LogP contribution in [0.15, 0.2) is 18.2 Å². The number of ether oxygens (including phenoxy) is 1. The SMILES string of the molecule is CN1CCN(CC(=O)Nc2cc(C(=O)Nc3nnc(N4CCC(O)CC4)s3)ccc2OC(F)(F)F)CC1. The average molecular weight is 544 g/mol. The van der Waals surface area contributed by atoms with E-state index in [1.54, 1.807) is 0 Å². The lowest BCUT2D eigenvalue weighted by Crippen LogP contribution is -2.47. The number of piperidine rings is 1. The molecule has 3 N–H and O–H groups in total. The van der Waals surface area contributed by atoms with Gasteiger partial charge in [0.05, 0.1) is 18.3 Å². The van der Waals surface area contributed by atoms with Crippen molar-refractivity contribution in [1.29, 1.82) is 0 Å². The van der Waals surface area contributed by atoms with E-state index in [1.807, 2.05) is 16.8 Å². The molecule has 11 nitrogen and oxygen atoms in total. The number of hydrogen-bond donors (Lipinski definition) is 3. The summed E-state index contributed by atoms with van der Waals surface area (Å²) >= 11 is 1.15. The Bertz CT molecular complexity index is 1100. The molecule has 0 radical (unpaired) electrons. The van der Waals surface area contributed by atoms with E-state index in [9.17, 15) is 27.9 Å². The van der Waals surface area contributed by atoms with E-state index in [-0.39, 0.29) is 29.0 Å². The number of rotatable bonds is 7. The lowest BCUT2D eigenvalue weighted by Gasteiger charge is -2.31. The number of hydrogen-bond acceptors (Lipinski definition) is 10. The maximum Gasteiger partial charge on any atom is 0.573 e. The number of likely N-dealkylation sites (N-methyl/N-ethyl adjacent to an activating group) is 1. The number of aliphatic hydroxyl groups is 1. The topological polar surface area (TPSA) is 123 Å². The Hall–Kier alpha value is -3.01. The fourth-order valence-corrected chi connectivity index (χ4v) is 4.79. The number of anilines is 3. The molecule has 37 heavy (non-hydrogen) atoms. The minimum atomic E-state index is -4.98. The van der Waals surface area contributed by atoms with E-state index in [0.29, 0.717) is 44.2 Å². The number of aromatic nitrogens is 2. The summed E-state index contributed by atoms with van der Waals surface area (Å²) in [5, 5.41) is 23.5. The van der Waals surface area contributed by atoms with E-state index < -0.39 is 23.9 Å². The zero-order chi connectivity index (χ0) is 26.6. The molecule has 0 atom stereocenters. The number of alkyl halides is 3. The third-order valence-electron chi connectivity index (χ3n) is 6.07. The van der Waals surface area contributed by atoms with Gasteiger partial charge < -0.3 is 25.0 Å². The molecule has 202 valence electrons. The summed E-state index contributed by atoms with van der Waals surface area (Å²) < 4.78 is 42.9. The fraction of sp³-hybridized carbons (Fsp3) is 0.545. The van der Waals surface area contributed by atoms with Gasteiger partial charge in [0.2, 0.25) is 16.2 Å². The van der Waals surface area contributed by atoms with Gasteiger partial charge in [0, 0.05) is 44.8 Å². The van der Waals surface area contributed by atoms with Gasteiger partial charge in [0.1, 0.15) is 0 Å². The van der Waals surface area contributed by atoms with Crippen LogP contribution in [-0.4, -0.2) is 102 Å². The molecule has 0 unspecified atom stereocenters. The Morgan fingerprint density at radius 1 is 1.11 bits per heavy atom. The van der Waals surface area contributed by atoms with Gasteiger partial charge in [-0.05, 0) is 38.1 Å². The van der Waals surface area contributed by atoms with Crippen molar-refractivity contribution in [2.24, 2.45) is 0 Å². The average Bonchev–Trinajstić information content (AvgIpc) is 3.29. The maximum atomic E-state index is 12.9. The lowest BCUT2D eigenvalue weighted by molar-refractivity contribution is -0.274. The van der Waals surface area contributed by atoms with Gasteiger partial charge in [-0.15, -0.1) is 23.4 Å². The van der Waals surface area contributed by atoms with Gasteiger partial charge in [-0.3, -0.25) is 19.8 Å². The van der Waals surface area contributed by atoms with E-state index in [2.05, 4.69) is 30.5 Å². The number of aliphatic hydroxyl groups excluding tert-OH is 1. The molecular weight excluding hydrogens is 515 g/mol. The second-order valence-electron chi connectivity index (χ2n) is 8.95. The van der Waals surface area contributed by atoms with E-state index >= 15 is 0 Å². The Kier molecular flexibility index (Phi) is 8.46. The van der Waals surface area contributed by atoms with Gasteiger partial charge >= 0.3 is 6.36 Å². The van der Waals surface area contributed by atoms with Crippen LogP contribution in [0.4, 0.5) is 29.1 Å². The quantitative estimate of drug-likeness (QED) is 0.480. The van der Waals surface area contributed by atoms with Crippen molar-refractivity contribution in [3.8, 4) is 5.75 Å². The highest BCUT2D eigenvalue weighted by molar-refractivity contribution is 7.19. The largest absolute Gasteiger partial charge is 0.573 e. The Morgan fingerprint density at radius 2 is 1.81 bits per heavy atom. The molecule has 2 aromatic rings. The third kappa shape index (κ3) is 7.74. The van der Waals surface area contributed by atoms with Gasteiger partial charge in [-0.1, -0.05) is 11.3 Å². The zero-order valence-electron chi connectivity index (χ0n) is 20.1. The number of halogens is 3. The van der Waals surface area contributed by atoms with Crippen LogP contribution < -0.4 is 20.3 Å². The summed E-state index contributed by atoms with van der Waals surface area (Å²) in [6.45, 7) is 4.08. The molecule has 2 aliphatic heterocycles. The standard InChI is InChI=1S/C22H28F3N7O4S/c1-30-8-10-31(11-9-30)13-18(34)26-16-12-14(2-3-17(16)36-22(23,24)25)19(35)27-20-28-29-21(37-20)32-6-4-15(33)5-7-32/h2-3,12,15,33H,4-11,13H2,1H3,(H,26,34)(H,27,28,35). The molecule has 4 rings (SSSR count). The zero-order valence-corrected chi connectivity index (χ0v) is 20.9. The highest BCUT2D eigenvalue weighted by Gasteiger charge is 2.33. The lowest BCUT2D eigenvalue weighted by atomic mass is 10.1. The highest BCUT2D eigenvalue weighted by Crippen LogP contribution is 2.32. The minimum absolute atomic E-state index is 0.00210. The number of carbonyl (C=O) groups excluding carboxylic acids is 2. The summed E-state index contributed by atoms with van der Waals surface area (Å²) in [4.78, 5) is 31.4. The van der Waals surface area contributed by atoms with Crippen molar-refractivity contribution < 1.29 is 32.6 Å². The first-order valence-electron chi connectivity index (χ1n) is 11.7. The minimum Gasteiger partial charge on any atom is -0.404 e. The molecule has 0 saturated carbocycles. The molecule has 3 heterocycles. The molecule has 1 aromatic carbocycles. The van der Waals surface area contributed by atoms with Crippen LogP contribution >= 0.6 is 11.3 Å². The normalized spacial score (nSPS) is 18.0.